The first-order valence-electron chi connectivity index (χ1n) is 6.51. The van der Waals surface area contributed by atoms with Crippen LogP contribution in [0.3, 0.4) is 0 Å². The van der Waals surface area contributed by atoms with E-state index in [4.69, 9.17) is 21.1 Å². The minimum atomic E-state index is 0.395. The maximum Gasteiger partial charge on any atom is 0.205 e. The van der Waals surface area contributed by atoms with Gasteiger partial charge < -0.3 is 9.47 Å². The van der Waals surface area contributed by atoms with Crippen LogP contribution in [0.5, 0.6) is 0 Å². The summed E-state index contributed by atoms with van der Waals surface area (Å²) in [5.74, 6) is 0.395. The van der Waals surface area contributed by atoms with E-state index in [0.29, 0.717) is 30.7 Å². The molecule has 0 atom stereocenters. The van der Waals surface area contributed by atoms with Crippen molar-refractivity contribution in [2.24, 2.45) is 4.99 Å². The van der Waals surface area contributed by atoms with Crippen molar-refractivity contribution in [1.29, 1.82) is 0 Å². The van der Waals surface area contributed by atoms with Gasteiger partial charge in [0.2, 0.25) is 5.88 Å². The van der Waals surface area contributed by atoms with Crippen LogP contribution in [0, 0.1) is 0 Å². The normalized spacial score (nSPS) is 13.1. The first-order chi connectivity index (χ1) is 9.10. The third-order valence-corrected chi connectivity index (χ3v) is 2.37. The van der Waals surface area contributed by atoms with Gasteiger partial charge in [0.25, 0.3) is 0 Å². The van der Waals surface area contributed by atoms with Crippen LogP contribution in [0.1, 0.15) is 33.6 Å². The first-order valence-corrected chi connectivity index (χ1v) is 6.88. The summed E-state index contributed by atoms with van der Waals surface area (Å²) in [7, 11) is 0. The number of allylic oxidation sites excluding steroid dienone is 3. The average molecular weight is 286 g/mol. The Bertz CT molecular complexity index is 346. The predicted octanol–water partition coefficient (Wildman–Crippen LogP) is 4.45. The van der Waals surface area contributed by atoms with E-state index in [9.17, 15) is 0 Å². The summed E-state index contributed by atoms with van der Waals surface area (Å²) in [4.78, 5) is 3.88. The van der Waals surface area contributed by atoms with E-state index < -0.39 is 0 Å². The Balaban J connectivity index is 3.76. The molecule has 0 saturated carbocycles. The smallest absolute Gasteiger partial charge is 0.205 e. The monoisotopic (exact) mass is 285 g/mol. The molecule has 0 bridgehead atoms. The number of nitrogens with zero attached hydrogens (tertiary/aromatic N) is 1. The first kappa shape index (κ1) is 17.9. The van der Waals surface area contributed by atoms with E-state index in [-0.39, 0.29) is 0 Å². The molecule has 3 nitrogen and oxygen atoms in total. The molecule has 0 spiro atoms. The van der Waals surface area contributed by atoms with Gasteiger partial charge in [0.05, 0.1) is 13.2 Å². The molecule has 4 heteroatoms. The molecule has 0 N–H and O–H groups in total. The second kappa shape index (κ2) is 12.0. The van der Waals surface area contributed by atoms with Gasteiger partial charge >= 0.3 is 0 Å². The van der Waals surface area contributed by atoms with Crippen molar-refractivity contribution >= 4 is 17.8 Å². The lowest BCUT2D eigenvalue weighted by molar-refractivity contribution is 0.0900. The number of hydrogen-bond donors (Lipinski definition) is 0. The lowest BCUT2D eigenvalue weighted by Crippen LogP contribution is -2.04. The highest BCUT2D eigenvalue weighted by atomic mass is 35.5. The lowest BCUT2D eigenvalue weighted by Gasteiger charge is -2.06. The van der Waals surface area contributed by atoms with Crippen LogP contribution in [-0.2, 0) is 9.47 Å². The minimum absolute atomic E-state index is 0.395. The number of halogens is 1. The van der Waals surface area contributed by atoms with Gasteiger partial charge in [-0.1, -0.05) is 36.6 Å². The molecule has 0 fully saturated rings. The molecule has 0 aliphatic heterocycles. The summed E-state index contributed by atoms with van der Waals surface area (Å²) in [5, 5.41) is 0.690. The maximum absolute atomic E-state index is 6.06. The molecular formula is C15H24ClNO2. The van der Waals surface area contributed by atoms with Crippen LogP contribution in [0.4, 0.5) is 0 Å². The van der Waals surface area contributed by atoms with Crippen molar-refractivity contribution in [2.75, 3.05) is 19.8 Å². The Morgan fingerprint density at radius 3 is 2.74 bits per heavy atom. The van der Waals surface area contributed by atoms with Crippen LogP contribution in [-0.4, -0.2) is 26.0 Å². The Hall–Kier alpha value is -1.06. The number of aliphatic imine (C=N–C) groups is 1. The Kier molecular flexibility index (Phi) is 11.3. The molecule has 0 amide bonds. The van der Waals surface area contributed by atoms with Crippen molar-refractivity contribution in [3.05, 3.63) is 35.2 Å². The van der Waals surface area contributed by atoms with Crippen LogP contribution in [0.25, 0.3) is 0 Å². The molecule has 0 saturated heterocycles. The SMILES string of the molecule is C=C(/N=C\C)OCCOC/C(Cl)=C\C(C)=C/CCC. The van der Waals surface area contributed by atoms with Gasteiger partial charge in [-0.3, -0.25) is 0 Å². The van der Waals surface area contributed by atoms with Gasteiger partial charge in [0, 0.05) is 11.2 Å². The fourth-order valence-electron chi connectivity index (χ4n) is 1.29. The Labute approximate surface area is 121 Å². The summed E-state index contributed by atoms with van der Waals surface area (Å²) in [6.07, 6.45) is 7.94. The van der Waals surface area contributed by atoms with E-state index in [2.05, 4.69) is 24.6 Å². The summed E-state index contributed by atoms with van der Waals surface area (Å²) in [6.45, 7) is 10.9. The molecule has 0 radical (unpaired) electrons. The van der Waals surface area contributed by atoms with Gasteiger partial charge in [0.1, 0.15) is 6.61 Å². The van der Waals surface area contributed by atoms with Gasteiger partial charge in [-0.05, 0) is 32.9 Å². The molecule has 108 valence electrons. The molecule has 0 aromatic rings. The highest BCUT2D eigenvalue weighted by Gasteiger charge is 1.95. The van der Waals surface area contributed by atoms with Gasteiger partial charge in [-0.2, -0.15) is 0 Å². The Morgan fingerprint density at radius 1 is 1.37 bits per heavy atom. The minimum Gasteiger partial charge on any atom is -0.476 e. The van der Waals surface area contributed by atoms with E-state index >= 15 is 0 Å². The van der Waals surface area contributed by atoms with Crippen LogP contribution in [0.2, 0.25) is 0 Å². The standard InChI is InChI=1S/C15H24ClNO2/c1-5-7-8-13(3)11-15(16)12-18-9-10-19-14(4)17-6-2/h6,8,11H,4-5,7,9-10,12H2,1-3H3/b13-8-,15-11+,17-6-. The number of rotatable bonds is 10. The predicted molar refractivity (Wildman–Crippen MR) is 82.7 cm³/mol. The van der Waals surface area contributed by atoms with E-state index in [0.717, 1.165) is 18.4 Å². The van der Waals surface area contributed by atoms with Gasteiger partial charge in [-0.15, -0.1) is 0 Å². The van der Waals surface area contributed by atoms with E-state index in [1.165, 1.54) is 0 Å². The van der Waals surface area contributed by atoms with Crippen molar-refractivity contribution < 1.29 is 9.47 Å². The molecule has 0 aliphatic carbocycles. The number of hydrogen-bond acceptors (Lipinski definition) is 3. The molecule has 0 aliphatic rings. The number of unbranched alkanes of at least 4 members (excludes halogenated alkanes) is 1. The summed E-state index contributed by atoms with van der Waals surface area (Å²) in [5.41, 5.74) is 1.16. The molecule has 0 aromatic heterocycles. The fourth-order valence-corrected chi connectivity index (χ4v) is 1.54. The number of ether oxygens (including phenoxy) is 2. The molecule has 0 unspecified atom stereocenters. The zero-order valence-electron chi connectivity index (χ0n) is 12.1. The van der Waals surface area contributed by atoms with Crippen LogP contribution >= 0.6 is 11.6 Å². The largest absolute Gasteiger partial charge is 0.476 e. The highest BCUT2D eigenvalue weighted by Crippen LogP contribution is 2.08. The second-order valence-electron chi connectivity index (χ2n) is 4.01. The topological polar surface area (TPSA) is 30.8 Å². The molecular weight excluding hydrogens is 262 g/mol. The zero-order valence-corrected chi connectivity index (χ0v) is 12.9. The van der Waals surface area contributed by atoms with Crippen molar-refractivity contribution in [3.8, 4) is 0 Å². The van der Waals surface area contributed by atoms with Crippen molar-refractivity contribution in [3.63, 3.8) is 0 Å². The fraction of sp³-hybridized carbons (Fsp3) is 0.533. The zero-order chi connectivity index (χ0) is 14.5. The quantitative estimate of drug-likeness (QED) is 0.257. The summed E-state index contributed by atoms with van der Waals surface area (Å²) < 4.78 is 10.6. The summed E-state index contributed by atoms with van der Waals surface area (Å²) in [6, 6.07) is 0. The molecule has 0 heterocycles. The van der Waals surface area contributed by atoms with Crippen LogP contribution < -0.4 is 0 Å². The average Bonchev–Trinajstić information content (AvgIpc) is 2.36. The van der Waals surface area contributed by atoms with Crippen molar-refractivity contribution in [2.45, 2.75) is 33.6 Å². The van der Waals surface area contributed by atoms with Crippen LogP contribution in [0.15, 0.2) is 40.2 Å². The maximum atomic E-state index is 6.06. The Morgan fingerprint density at radius 2 is 2.11 bits per heavy atom. The van der Waals surface area contributed by atoms with Crippen molar-refractivity contribution in [1.82, 2.24) is 0 Å². The molecule has 0 aromatic carbocycles. The lowest BCUT2D eigenvalue weighted by atomic mass is 10.2. The van der Waals surface area contributed by atoms with Gasteiger partial charge in [0.15, 0.2) is 0 Å². The third-order valence-electron chi connectivity index (χ3n) is 2.15. The van der Waals surface area contributed by atoms with E-state index in [1.807, 2.05) is 19.9 Å². The van der Waals surface area contributed by atoms with Gasteiger partial charge in [-0.25, -0.2) is 4.99 Å². The molecule has 0 rings (SSSR count). The molecule has 19 heavy (non-hydrogen) atoms. The highest BCUT2D eigenvalue weighted by molar-refractivity contribution is 6.29. The van der Waals surface area contributed by atoms with E-state index in [1.54, 1.807) is 6.21 Å². The third kappa shape index (κ3) is 11.7. The summed E-state index contributed by atoms with van der Waals surface area (Å²) >= 11 is 6.06. The second-order valence-corrected chi connectivity index (χ2v) is 4.50.